The summed E-state index contributed by atoms with van der Waals surface area (Å²) in [7, 11) is 0. The first-order valence-corrected chi connectivity index (χ1v) is 9.25. The summed E-state index contributed by atoms with van der Waals surface area (Å²) in [6.45, 7) is 0. The monoisotopic (exact) mass is 531 g/mol. The number of nitrogens with zero attached hydrogens (tertiary/aromatic N) is 1. The summed E-state index contributed by atoms with van der Waals surface area (Å²) >= 11 is 5.94. The quantitative estimate of drug-likeness (QED) is 0.447. The summed E-state index contributed by atoms with van der Waals surface area (Å²) in [6, 6.07) is 4.72. The van der Waals surface area contributed by atoms with Crippen LogP contribution in [0.2, 0.25) is 0 Å². The largest absolute Gasteiger partial charge is 0.507 e. The molecule has 2 aromatic carbocycles. The molecule has 0 bridgehead atoms. The molecule has 6 nitrogen and oxygen atoms in total. The molecule has 0 radical (unpaired) electrons. The van der Waals surface area contributed by atoms with Crippen molar-refractivity contribution in [1.29, 1.82) is 0 Å². The van der Waals surface area contributed by atoms with Crippen LogP contribution in [0.5, 0.6) is 11.5 Å². The average molecular weight is 533 g/mol. The first kappa shape index (κ1) is 24.3. The van der Waals surface area contributed by atoms with Crippen LogP contribution >= 0.6 is 31.9 Å². The third-order valence-corrected chi connectivity index (χ3v) is 4.46. The van der Waals surface area contributed by atoms with E-state index in [1.54, 1.807) is 6.20 Å². The highest BCUT2D eigenvalue weighted by Crippen LogP contribution is 2.28. The van der Waals surface area contributed by atoms with E-state index in [1.165, 1.54) is 12.1 Å². The van der Waals surface area contributed by atoms with Crippen LogP contribution in [0.3, 0.4) is 0 Å². The number of rotatable bonds is 3. The van der Waals surface area contributed by atoms with Crippen LogP contribution in [0.15, 0.2) is 50.5 Å². The lowest BCUT2D eigenvalue weighted by molar-refractivity contribution is -0.122. The summed E-state index contributed by atoms with van der Waals surface area (Å²) in [6.07, 6.45) is 5.07. The van der Waals surface area contributed by atoms with Gasteiger partial charge >= 0.3 is 0 Å². The molecule has 0 saturated carbocycles. The molecule has 0 aromatic heterocycles. The van der Waals surface area contributed by atoms with Crippen molar-refractivity contribution in [1.82, 2.24) is 0 Å². The van der Waals surface area contributed by atoms with Gasteiger partial charge in [0.15, 0.2) is 18.9 Å². The fraction of sp³-hybridized carbons (Fsp3) is 0.0526. The maximum Gasteiger partial charge on any atom is 0.182 e. The van der Waals surface area contributed by atoms with Gasteiger partial charge in [0.25, 0.3) is 0 Å². The predicted molar refractivity (Wildman–Crippen MR) is 109 cm³/mol. The molecule has 0 aliphatic carbocycles. The van der Waals surface area contributed by atoms with Gasteiger partial charge in [0.2, 0.25) is 0 Å². The van der Waals surface area contributed by atoms with Crippen molar-refractivity contribution in [3.63, 3.8) is 0 Å². The fourth-order valence-electron chi connectivity index (χ4n) is 1.95. The van der Waals surface area contributed by atoms with E-state index in [0.717, 1.165) is 17.8 Å². The number of phenolic OH excluding ortho intramolecular Hbond substituents is 2. The van der Waals surface area contributed by atoms with E-state index in [1.807, 2.05) is 6.08 Å². The Bertz CT molecular complexity index is 972. The Morgan fingerprint density at radius 3 is 1.93 bits per heavy atom. The van der Waals surface area contributed by atoms with Gasteiger partial charge in [-0.05, 0) is 44.0 Å². The van der Waals surface area contributed by atoms with Gasteiger partial charge in [0, 0.05) is 30.3 Å². The van der Waals surface area contributed by atoms with Gasteiger partial charge in [-0.15, -0.1) is 0 Å². The summed E-state index contributed by atoms with van der Waals surface area (Å²) in [5.41, 5.74) is 1.39. The number of benzene rings is 2. The number of halogens is 4. The zero-order valence-electron chi connectivity index (χ0n) is 14.5. The van der Waals surface area contributed by atoms with E-state index in [4.69, 9.17) is 14.7 Å². The van der Waals surface area contributed by atoms with E-state index in [0.29, 0.717) is 22.7 Å². The molecule has 10 heteroatoms. The molecule has 2 aromatic rings. The number of hydrogen-bond acceptors (Lipinski definition) is 6. The lowest BCUT2D eigenvalue weighted by Gasteiger charge is -2.05. The van der Waals surface area contributed by atoms with Crippen molar-refractivity contribution in [3.8, 4) is 11.5 Å². The third-order valence-electron chi connectivity index (χ3n) is 3.25. The lowest BCUT2D eigenvalue weighted by Crippen LogP contribution is -1.97. The van der Waals surface area contributed by atoms with E-state index >= 15 is 0 Å². The number of aliphatic imine (C=N–C) groups is 1. The molecule has 1 heterocycles. The van der Waals surface area contributed by atoms with Crippen molar-refractivity contribution in [2.45, 2.75) is 6.42 Å². The topological polar surface area (TPSA) is 104 Å². The standard InChI is InChI=1S/C10H7BrFNO.C7H4BrFO2.C2H2O2/c11-7-4-6(9-2-1-3-13-9)10(14)5-8(7)12;8-5-1-4(3-10)7(11)2-6(5)9;3-1-2-4/h1,3-5,14H,2H2;1-3,11H;1-2H. The Hall–Kier alpha value is -2.72. The molecule has 0 fully saturated rings. The molecule has 0 saturated heterocycles. The highest BCUT2D eigenvalue weighted by atomic mass is 79.9. The van der Waals surface area contributed by atoms with Crippen LogP contribution in [0.1, 0.15) is 22.3 Å². The van der Waals surface area contributed by atoms with Crippen molar-refractivity contribution in [3.05, 3.63) is 68.2 Å². The molecule has 0 spiro atoms. The second kappa shape index (κ2) is 12.0. The van der Waals surface area contributed by atoms with Gasteiger partial charge in [-0.3, -0.25) is 19.4 Å². The highest BCUT2D eigenvalue weighted by Gasteiger charge is 2.13. The molecule has 1 aliphatic rings. The number of allylic oxidation sites excluding steroid dienone is 1. The summed E-state index contributed by atoms with van der Waals surface area (Å²) < 4.78 is 26.1. The van der Waals surface area contributed by atoms with Crippen LogP contribution < -0.4 is 0 Å². The summed E-state index contributed by atoms with van der Waals surface area (Å²) in [4.78, 5) is 31.9. The van der Waals surface area contributed by atoms with Gasteiger partial charge in [0.1, 0.15) is 23.1 Å². The Morgan fingerprint density at radius 1 is 0.897 bits per heavy atom. The Morgan fingerprint density at radius 2 is 1.45 bits per heavy atom. The van der Waals surface area contributed by atoms with E-state index in [2.05, 4.69) is 36.9 Å². The number of phenols is 2. The SMILES string of the molecule is O=CC=O.O=Cc1cc(Br)c(F)cc1O.Oc1cc(F)c(Br)cc1C1=NC=CC1. The maximum absolute atomic E-state index is 13.0. The molecule has 29 heavy (non-hydrogen) atoms. The van der Waals surface area contributed by atoms with E-state index in [9.17, 15) is 18.7 Å². The van der Waals surface area contributed by atoms with E-state index in [-0.39, 0.29) is 34.1 Å². The number of aromatic hydroxyl groups is 2. The number of carbonyl (C=O) groups excluding carboxylic acids is 3. The fourth-order valence-corrected chi connectivity index (χ4v) is 2.66. The third kappa shape index (κ3) is 7.31. The van der Waals surface area contributed by atoms with Crippen molar-refractivity contribution >= 4 is 56.4 Å². The van der Waals surface area contributed by atoms with Gasteiger partial charge in [0.05, 0.1) is 20.2 Å². The maximum atomic E-state index is 13.0. The van der Waals surface area contributed by atoms with Crippen LogP contribution in [0.25, 0.3) is 0 Å². The normalized spacial score (nSPS) is 11.4. The molecular formula is C19H13Br2F2NO5. The number of carbonyl (C=O) groups is 3. The minimum Gasteiger partial charge on any atom is -0.507 e. The zero-order valence-corrected chi connectivity index (χ0v) is 17.7. The Kier molecular flexibility index (Phi) is 10.0. The highest BCUT2D eigenvalue weighted by molar-refractivity contribution is 9.10. The molecule has 0 amide bonds. The first-order valence-electron chi connectivity index (χ1n) is 7.67. The van der Waals surface area contributed by atoms with Crippen molar-refractivity contribution in [2.24, 2.45) is 4.99 Å². The minimum atomic E-state index is -0.590. The summed E-state index contributed by atoms with van der Waals surface area (Å²) in [5, 5.41) is 18.4. The summed E-state index contributed by atoms with van der Waals surface area (Å²) in [5.74, 6) is -1.49. The smallest absolute Gasteiger partial charge is 0.182 e. The van der Waals surface area contributed by atoms with Crippen LogP contribution in [0.4, 0.5) is 8.78 Å². The number of aldehydes is 3. The van der Waals surface area contributed by atoms with Crippen LogP contribution in [0, 0.1) is 11.6 Å². The van der Waals surface area contributed by atoms with Gasteiger partial charge < -0.3 is 10.2 Å². The molecule has 0 atom stereocenters. The van der Waals surface area contributed by atoms with Crippen LogP contribution in [-0.2, 0) is 9.59 Å². The zero-order chi connectivity index (χ0) is 22.0. The average Bonchev–Trinajstić information content (AvgIpc) is 3.23. The Labute approximate surface area is 180 Å². The molecule has 1 aliphatic heterocycles. The molecule has 3 rings (SSSR count). The molecule has 0 unspecified atom stereocenters. The number of hydrogen-bond donors (Lipinski definition) is 2. The molecular weight excluding hydrogens is 520 g/mol. The predicted octanol–water partition coefficient (Wildman–Crippen LogP) is 4.49. The minimum absolute atomic E-state index is 0.0678. The molecule has 2 N–H and O–H groups in total. The second-order valence-electron chi connectivity index (χ2n) is 5.16. The lowest BCUT2D eigenvalue weighted by atomic mass is 10.1. The first-order chi connectivity index (χ1) is 13.7. The van der Waals surface area contributed by atoms with Gasteiger partial charge in [-0.1, -0.05) is 6.08 Å². The molecule has 152 valence electrons. The second-order valence-corrected chi connectivity index (χ2v) is 6.87. The van der Waals surface area contributed by atoms with E-state index < -0.39 is 11.6 Å². The van der Waals surface area contributed by atoms with Crippen molar-refractivity contribution in [2.75, 3.05) is 0 Å². The van der Waals surface area contributed by atoms with Crippen molar-refractivity contribution < 1.29 is 33.4 Å². The Balaban J connectivity index is 0.000000251. The van der Waals surface area contributed by atoms with Gasteiger partial charge in [-0.25, -0.2) is 8.78 Å². The van der Waals surface area contributed by atoms with Crippen LogP contribution in [-0.4, -0.2) is 34.8 Å². The van der Waals surface area contributed by atoms with Gasteiger partial charge in [-0.2, -0.15) is 0 Å².